The van der Waals surface area contributed by atoms with Gasteiger partial charge >= 0.3 is 6.09 Å². The number of rotatable bonds is 1. The van der Waals surface area contributed by atoms with Gasteiger partial charge in [-0.1, -0.05) is 0 Å². The van der Waals surface area contributed by atoms with Gasteiger partial charge in [0.2, 0.25) is 0 Å². The van der Waals surface area contributed by atoms with E-state index in [4.69, 9.17) is 9.47 Å². The topological polar surface area (TPSA) is 38.8 Å². The van der Waals surface area contributed by atoms with Gasteiger partial charge in [-0.05, 0) is 27.2 Å². The molecular formula is C11H20FNO3. The number of hydrogen-bond acceptors (Lipinski definition) is 3. The van der Waals surface area contributed by atoms with Crippen molar-refractivity contribution >= 4 is 6.09 Å². The van der Waals surface area contributed by atoms with E-state index >= 15 is 0 Å². The molecule has 0 aliphatic carbocycles. The third-order valence-electron chi connectivity index (χ3n) is 2.44. The van der Waals surface area contributed by atoms with E-state index in [0.29, 0.717) is 13.0 Å². The molecule has 0 unspecified atom stereocenters. The molecule has 1 aliphatic rings. The first-order chi connectivity index (χ1) is 7.33. The highest BCUT2D eigenvalue weighted by atomic mass is 19.1. The zero-order valence-electron chi connectivity index (χ0n) is 10.3. The van der Waals surface area contributed by atoms with Gasteiger partial charge in [0.25, 0.3) is 0 Å². The standard InChI is InChI=1S/C11H20FNO3/c1-11(2,3)16-10(14)13-6-5-9(15-4)8(12)7-13/h8-9H,5-7H2,1-4H3/t8-,9-/m1/s1. The van der Waals surface area contributed by atoms with Crippen LogP contribution < -0.4 is 0 Å². The molecule has 0 aromatic rings. The predicted molar refractivity (Wildman–Crippen MR) is 58.1 cm³/mol. The average Bonchev–Trinajstić information content (AvgIpc) is 2.15. The van der Waals surface area contributed by atoms with Crippen LogP contribution in [0.2, 0.25) is 0 Å². The molecule has 0 spiro atoms. The van der Waals surface area contributed by atoms with Crippen LogP contribution in [-0.4, -0.2) is 49.1 Å². The van der Waals surface area contributed by atoms with E-state index in [0.717, 1.165) is 0 Å². The Morgan fingerprint density at radius 1 is 1.44 bits per heavy atom. The highest BCUT2D eigenvalue weighted by Gasteiger charge is 2.33. The number of carbonyl (C=O) groups is 1. The average molecular weight is 233 g/mol. The first kappa shape index (κ1) is 13.2. The van der Waals surface area contributed by atoms with Crippen molar-refractivity contribution in [3.05, 3.63) is 0 Å². The Balaban J connectivity index is 2.48. The van der Waals surface area contributed by atoms with Gasteiger partial charge in [0.15, 0.2) is 0 Å². The molecule has 1 rings (SSSR count). The van der Waals surface area contributed by atoms with Gasteiger partial charge in [-0.15, -0.1) is 0 Å². The summed E-state index contributed by atoms with van der Waals surface area (Å²) in [6.07, 6.45) is -1.48. The summed E-state index contributed by atoms with van der Waals surface area (Å²) in [6.45, 7) is 5.90. The first-order valence-electron chi connectivity index (χ1n) is 5.48. The van der Waals surface area contributed by atoms with Crippen LogP contribution in [-0.2, 0) is 9.47 Å². The molecule has 0 aromatic carbocycles. The largest absolute Gasteiger partial charge is 0.444 e. The van der Waals surface area contributed by atoms with E-state index in [9.17, 15) is 9.18 Å². The second-order valence-electron chi connectivity index (χ2n) is 5.01. The van der Waals surface area contributed by atoms with Crippen molar-refractivity contribution in [3.63, 3.8) is 0 Å². The van der Waals surface area contributed by atoms with Gasteiger partial charge in [0.1, 0.15) is 11.8 Å². The number of likely N-dealkylation sites (tertiary alicyclic amines) is 1. The van der Waals surface area contributed by atoms with E-state index in [1.165, 1.54) is 12.0 Å². The van der Waals surface area contributed by atoms with E-state index in [1.54, 1.807) is 20.8 Å². The number of hydrogen-bond donors (Lipinski definition) is 0. The Morgan fingerprint density at radius 3 is 2.50 bits per heavy atom. The molecule has 0 aromatic heterocycles. The van der Waals surface area contributed by atoms with Crippen molar-refractivity contribution in [2.24, 2.45) is 0 Å². The molecule has 2 atom stereocenters. The fraction of sp³-hybridized carbons (Fsp3) is 0.909. The first-order valence-corrected chi connectivity index (χ1v) is 5.48. The molecule has 0 saturated carbocycles. The maximum absolute atomic E-state index is 13.5. The molecule has 94 valence electrons. The molecule has 0 radical (unpaired) electrons. The number of amides is 1. The fourth-order valence-corrected chi connectivity index (χ4v) is 1.64. The smallest absolute Gasteiger partial charge is 0.410 e. The van der Waals surface area contributed by atoms with Crippen LogP contribution in [0.25, 0.3) is 0 Å². The van der Waals surface area contributed by atoms with Crippen molar-refractivity contribution in [2.45, 2.75) is 45.1 Å². The summed E-state index contributed by atoms with van der Waals surface area (Å²) in [5.41, 5.74) is -0.541. The van der Waals surface area contributed by atoms with Crippen LogP contribution in [0.5, 0.6) is 0 Å². The van der Waals surface area contributed by atoms with Crippen LogP contribution in [0.15, 0.2) is 0 Å². The molecule has 0 bridgehead atoms. The predicted octanol–water partition coefficient (Wildman–Crippen LogP) is 1.98. The molecule has 0 N–H and O–H groups in total. The molecule has 1 heterocycles. The molecule has 1 aliphatic heterocycles. The number of carbonyl (C=O) groups excluding carboxylic acids is 1. The summed E-state index contributed by atoms with van der Waals surface area (Å²) in [4.78, 5) is 13.0. The number of halogens is 1. The number of piperidine rings is 1. The number of methoxy groups -OCH3 is 1. The molecule has 4 nitrogen and oxygen atoms in total. The van der Waals surface area contributed by atoms with Gasteiger partial charge in [0.05, 0.1) is 12.6 Å². The van der Waals surface area contributed by atoms with Crippen molar-refractivity contribution in [3.8, 4) is 0 Å². The monoisotopic (exact) mass is 233 g/mol. The van der Waals surface area contributed by atoms with Crippen molar-refractivity contribution in [1.29, 1.82) is 0 Å². The van der Waals surface area contributed by atoms with Crippen LogP contribution in [0, 0.1) is 0 Å². The Morgan fingerprint density at radius 2 is 2.06 bits per heavy atom. The van der Waals surface area contributed by atoms with Crippen LogP contribution in [0.4, 0.5) is 9.18 Å². The summed E-state index contributed by atoms with van der Waals surface area (Å²) in [5.74, 6) is 0. The Kier molecular flexibility index (Phi) is 4.13. The SMILES string of the molecule is CO[C@@H]1CCN(C(=O)OC(C)(C)C)C[C@H]1F. The molecule has 1 fully saturated rings. The van der Waals surface area contributed by atoms with E-state index < -0.39 is 24.0 Å². The second-order valence-corrected chi connectivity index (χ2v) is 5.01. The zero-order valence-corrected chi connectivity index (χ0v) is 10.3. The number of nitrogens with zero attached hydrogens (tertiary/aromatic N) is 1. The maximum atomic E-state index is 13.5. The van der Waals surface area contributed by atoms with Crippen LogP contribution in [0.1, 0.15) is 27.2 Å². The number of alkyl halides is 1. The lowest BCUT2D eigenvalue weighted by atomic mass is 10.1. The summed E-state index contributed by atoms with van der Waals surface area (Å²) in [7, 11) is 1.49. The van der Waals surface area contributed by atoms with Crippen molar-refractivity contribution in [1.82, 2.24) is 4.90 Å². The van der Waals surface area contributed by atoms with Crippen molar-refractivity contribution < 1.29 is 18.7 Å². The van der Waals surface area contributed by atoms with E-state index in [-0.39, 0.29) is 6.54 Å². The third-order valence-corrected chi connectivity index (χ3v) is 2.44. The fourth-order valence-electron chi connectivity index (χ4n) is 1.64. The lowest BCUT2D eigenvalue weighted by Crippen LogP contribution is -2.49. The molecule has 1 amide bonds. The van der Waals surface area contributed by atoms with Gasteiger partial charge in [-0.3, -0.25) is 0 Å². The minimum atomic E-state index is -1.13. The molecule has 16 heavy (non-hydrogen) atoms. The molecule has 1 saturated heterocycles. The highest BCUT2D eigenvalue weighted by molar-refractivity contribution is 5.68. The lowest BCUT2D eigenvalue weighted by Gasteiger charge is -2.34. The molecule has 5 heteroatoms. The minimum Gasteiger partial charge on any atom is -0.444 e. The number of ether oxygens (including phenoxy) is 2. The summed E-state index contributed by atoms with van der Waals surface area (Å²) in [5, 5.41) is 0. The van der Waals surface area contributed by atoms with E-state index in [2.05, 4.69) is 0 Å². The lowest BCUT2D eigenvalue weighted by molar-refractivity contribution is -0.0340. The van der Waals surface area contributed by atoms with Gasteiger partial charge in [-0.25, -0.2) is 9.18 Å². The normalized spacial score (nSPS) is 26.7. The Bertz CT molecular complexity index is 252. The van der Waals surface area contributed by atoms with Gasteiger partial charge in [0, 0.05) is 13.7 Å². The van der Waals surface area contributed by atoms with Crippen molar-refractivity contribution in [2.75, 3.05) is 20.2 Å². The quantitative estimate of drug-likeness (QED) is 0.695. The zero-order chi connectivity index (χ0) is 12.3. The summed E-state index contributed by atoms with van der Waals surface area (Å²) in [6, 6.07) is 0. The minimum absolute atomic E-state index is 0.0490. The Labute approximate surface area is 95.7 Å². The highest BCUT2D eigenvalue weighted by Crippen LogP contribution is 2.19. The summed E-state index contributed by atoms with van der Waals surface area (Å²) < 4.78 is 23.7. The second kappa shape index (κ2) is 4.99. The van der Waals surface area contributed by atoms with Gasteiger partial charge in [-0.2, -0.15) is 0 Å². The van der Waals surface area contributed by atoms with Crippen LogP contribution in [0.3, 0.4) is 0 Å². The van der Waals surface area contributed by atoms with E-state index in [1.807, 2.05) is 0 Å². The van der Waals surface area contributed by atoms with Gasteiger partial charge < -0.3 is 14.4 Å². The third kappa shape index (κ3) is 3.63. The van der Waals surface area contributed by atoms with Crippen LogP contribution >= 0.6 is 0 Å². The summed E-state index contributed by atoms with van der Waals surface area (Å²) >= 11 is 0. The molecular weight excluding hydrogens is 213 g/mol. The Hall–Kier alpha value is -0.840. The maximum Gasteiger partial charge on any atom is 0.410 e.